The first-order valence-corrected chi connectivity index (χ1v) is 8.65. The number of nitrogens with two attached hydrogens (primary N) is 1. The fourth-order valence-corrected chi connectivity index (χ4v) is 4.38. The van der Waals surface area contributed by atoms with Gasteiger partial charge in [0.15, 0.2) is 11.5 Å². The minimum atomic E-state index is -0.0252. The number of nitrogens with zero attached hydrogens (tertiary/aromatic N) is 5. The van der Waals surface area contributed by atoms with Crippen molar-refractivity contribution in [1.29, 1.82) is 0 Å². The van der Waals surface area contributed by atoms with Gasteiger partial charge in [0.2, 0.25) is 0 Å². The molecule has 3 aromatic rings. The van der Waals surface area contributed by atoms with Crippen LogP contribution in [0.2, 0.25) is 0 Å². The van der Waals surface area contributed by atoms with Gasteiger partial charge in [-0.25, -0.2) is 4.98 Å². The summed E-state index contributed by atoms with van der Waals surface area (Å²) in [7, 11) is 0. The molecule has 0 radical (unpaired) electrons. The minimum Gasteiger partial charge on any atom is -0.332 e. The highest BCUT2D eigenvalue weighted by molar-refractivity contribution is 7.12. The Kier molecular flexibility index (Phi) is 2.88. The van der Waals surface area contributed by atoms with Gasteiger partial charge in [-0.15, -0.1) is 11.3 Å². The first kappa shape index (κ1) is 13.9. The molecule has 24 heavy (non-hydrogen) atoms. The van der Waals surface area contributed by atoms with Crippen LogP contribution in [0.3, 0.4) is 0 Å². The third kappa shape index (κ3) is 1.76. The molecule has 1 amide bonds. The van der Waals surface area contributed by atoms with Crippen LogP contribution < -0.4 is 5.73 Å². The molecule has 5 heterocycles. The molecular weight excluding hydrogens is 328 g/mol. The van der Waals surface area contributed by atoms with E-state index >= 15 is 0 Å². The lowest BCUT2D eigenvalue weighted by molar-refractivity contribution is 0.0743. The second-order valence-electron chi connectivity index (χ2n) is 5.86. The monoisotopic (exact) mass is 342 g/mol. The first-order chi connectivity index (χ1) is 11.8. The number of aromatic nitrogens is 4. The van der Waals surface area contributed by atoms with Gasteiger partial charge < -0.3 is 15.2 Å². The molecule has 1 fully saturated rings. The molecule has 0 saturated carbocycles. The van der Waals surface area contributed by atoms with Crippen molar-refractivity contribution in [3.63, 3.8) is 0 Å². The summed E-state index contributed by atoms with van der Waals surface area (Å²) >= 11 is 1.46. The van der Waals surface area contributed by atoms with E-state index in [1.54, 1.807) is 6.33 Å². The normalized spacial score (nSPS) is 19.1. The molecule has 0 unspecified atom stereocenters. The van der Waals surface area contributed by atoms with E-state index in [0.717, 1.165) is 35.6 Å². The van der Waals surface area contributed by atoms with Crippen molar-refractivity contribution in [2.24, 2.45) is 5.73 Å². The molecular formula is C15H14N6O2S. The van der Waals surface area contributed by atoms with E-state index in [1.807, 2.05) is 20.9 Å². The Balaban J connectivity index is 1.75. The largest absolute Gasteiger partial charge is 0.332 e. The summed E-state index contributed by atoms with van der Waals surface area (Å²) in [5.41, 5.74) is 8.00. The van der Waals surface area contributed by atoms with Crippen LogP contribution in [0.5, 0.6) is 0 Å². The van der Waals surface area contributed by atoms with Crippen LogP contribution >= 0.6 is 11.3 Å². The van der Waals surface area contributed by atoms with Crippen LogP contribution in [0.1, 0.15) is 40.1 Å². The highest BCUT2D eigenvalue weighted by atomic mass is 32.1. The van der Waals surface area contributed by atoms with Gasteiger partial charge in [-0.2, -0.15) is 4.98 Å². The zero-order valence-electron chi connectivity index (χ0n) is 12.7. The van der Waals surface area contributed by atoms with Gasteiger partial charge in [-0.3, -0.25) is 9.36 Å². The van der Waals surface area contributed by atoms with Gasteiger partial charge in [0.25, 0.3) is 11.8 Å². The number of fused-ring (bicyclic) bond motifs is 5. The number of carbonyl (C=O) groups is 1. The molecule has 122 valence electrons. The Morgan fingerprint density at radius 3 is 3.21 bits per heavy atom. The number of hydrogen-bond donors (Lipinski definition) is 1. The quantitative estimate of drug-likeness (QED) is 0.761. The lowest BCUT2D eigenvalue weighted by atomic mass is 10.1. The van der Waals surface area contributed by atoms with Crippen molar-refractivity contribution in [3.05, 3.63) is 34.2 Å². The second-order valence-corrected chi connectivity index (χ2v) is 6.78. The number of rotatable bonds is 2. The van der Waals surface area contributed by atoms with Crippen molar-refractivity contribution in [2.75, 3.05) is 6.54 Å². The fourth-order valence-electron chi connectivity index (χ4n) is 3.54. The Morgan fingerprint density at radius 2 is 2.38 bits per heavy atom. The molecule has 9 heteroatoms. The van der Waals surface area contributed by atoms with Gasteiger partial charge in [0.05, 0.1) is 24.0 Å². The van der Waals surface area contributed by atoms with Crippen molar-refractivity contribution < 1.29 is 9.32 Å². The molecule has 0 aliphatic carbocycles. The molecule has 1 atom stereocenters. The van der Waals surface area contributed by atoms with Crippen molar-refractivity contribution >= 4 is 17.2 Å². The van der Waals surface area contributed by atoms with Crippen molar-refractivity contribution in [2.45, 2.75) is 25.4 Å². The summed E-state index contributed by atoms with van der Waals surface area (Å²) in [4.78, 5) is 24.4. The van der Waals surface area contributed by atoms with Crippen molar-refractivity contribution in [1.82, 2.24) is 24.6 Å². The maximum atomic E-state index is 12.9. The molecule has 0 spiro atoms. The van der Waals surface area contributed by atoms with Crippen molar-refractivity contribution in [3.8, 4) is 17.3 Å². The number of thiophene rings is 1. The van der Waals surface area contributed by atoms with E-state index in [9.17, 15) is 4.79 Å². The number of amides is 1. The molecule has 2 aliphatic rings. The molecule has 5 rings (SSSR count). The average molecular weight is 342 g/mol. The number of carbonyl (C=O) groups excluding carboxylic acids is 1. The lowest BCUT2D eigenvalue weighted by Crippen LogP contribution is -2.29. The Bertz CT molecular complexity index is 942. The second kappa shape index (κ2) is 4.99. The smallest absolute Gasteiger partial charge is 0.278 e. The number of imidazole rings is 1. The zero-order valence-corrected chi connectivity index (χ0v) is 13.5. The summed E-state index contributed by atoms with van der Waals surface area (Å²) < 4.78 is 7.32. The molecule has 0 bridgehead atoms. The molecule has 0 aromatic carbocycles. The molecule has 1 saturated heterocycles. The Labute approximate surface area is 140 Å². The van der Waals surface area contributed by atoms with E-state index in [1.165, 1.54) is 11.3 Å². The maximum Gasteiger partial charge on any atom is 0.278 e. The van der Waals surface area contributed by atoms with E-state index in [-0.39, 0.29) is 18.5 Å². The highest BCUT2D eigenvalue weighted by Gasteiger charge is 2.40. The van der Waals surface area contributed by atoms with E-state index in [2.05, 4.69) is 15.1 Å². The maximum absolute atomic E-state index is 12.9. The van der Waals surface area contributed by atoms with E-state index < -0.39 is 0 Å². The predicted molar refractivity (Wildman–Crippen MR) is 85.6 cm³/mol. The van der Waals surface area contributed by atoms with Gasteiger partial charge in [0.1, 0.15) is 11.2 Å². The first-order valence-electron chi connectivity index (χ1n) is 7.77. The highest BCUT2D eigenvalue weighted by Crippen LogP contribution is 2.43. The zero-order chi connectivity index (χ0) is 16.3. The third-order valence-corrected chi connectivity index (χ3v) is 5.48. The van der Waals surface area contributed by atoms with Crippen LogP contribution in [0.25, 0.3) is 17.3 Å². The summed E-state index contributed by atoms with van der Waals surface area (Å²) in [6, 6.07) is 1.93. The molecule has 2 aliphatic heterocycles. The van der Waals surface area contributed by atoms with Crippen LogP contribution in [-0.2, 0) is 6.54 Å². The van der Waals surface area contributed by atoms with Crippen LogP contribution in [0, 0.1) is 0 Å². The van der Waals surface area contributed by atoms with Gasteiger partial charge in [0, 0.05) is 6.54 Å². The molecule has 8 nitrogen and oxygen atoms in total. The molecule has 3 aromatic heterocycles. The summed E-state index contributed by atoms with van der Waals surface area (Å²) in [6.07, 6.45) is 3.61. The standard InChI is InChI=1S/C15H14N6O2S/c16-6-10-18-14(23-19-10)11-12-8-2-1-4-20(8)15(22)13-9(3-5-24-13)21(12)7-17-11/h3,5,7-8H,1-2,4,6,16H2/t8-/m0/s1. The molecule has 2 N–H and O–H groups in total. The van der Waals surface area contributed by atoms with Crippen LogP contribution in [0.4, 0.5) is 0 Å². The van der Waals surface area contributed by atoms with Gasteiger partial charge >= 0.3 is 0 Å². The lowest BCUT2D eigenvalue weighted by Gasteiger charge is -2.22. The SMILES string of the molecule is NCc1noc(-c2ncn3c2[C@@H]2CCCN2C(=O)c2sccc2-3)n1. The van der Waals surface area contributed by atoms with Gasteiger partial charge in [-0.1, -0.05) is 5.16 Å². The Morgan fingerprint density at radius 1 is 1.46 bits per heavy atom. The minimum absolute atomic E-state index is 0.0252. The summed E-state index contributed by atoms with van der Waals surface area (Å²) in [5, 5.41) is 5.79. The Hall–Kier alpha value is -2.52. The van der Waals surface area contributed by atoms with Crippen LogP contribution in [0.15, 0.2) is 22.3 Å². The van der Waals surface area contributed by atoms with Crippen LogP contribution in [-0.4, -0.2) is 37.0 Å². The summed E-state index contributed by atoms with van der Waals surface area (Å²) in [5.74, 6) is 0.878. The average Bonchev–Trinajstić information content (AvgIpc) is 3.37. The topological polar surface area (TPSA) is 103 Å². The van der Waals surface area contributed by atoms with Gasteiger partial charge in [-0.05, 0) is 24.3 Å². The number of hydrogen-bond acceptors (Lipinski definition) is 7. The van der Waals surface area contributed by atoms with E-state index in [0.29, 0.717) is 17.4 Å². The summed E-state index contributed by atoms with van der Waals surface area (Å²) in [6.45, 7) is 0.964. The fraction of sp³-hybridized carbons (Fsp3) is 0.333. The predicted octanol–water partition coefficient (Wildman–Crippen LogP) is 1.73. The third-order valence-electron chi connectivity index (χ3n) is 4.59. The van der Waals surface area contributed by atoms with E-state index in [4.69, 9.17) is 10.3 Å².